The van der Waals surface area contributed by atoms with Crippen LogP contribution in [-0.4, -0.2) is 36.4 Å². The molecule has 2 aliphatic rings. The fourth-order valence-corrected chi connectivity index (χ4v) is 3.17. The molecule has 0 saturated carbocycles. The summed E-state index contributed by atoms with van der Waals surface area (Å²) < 4.78 is 0. The van der Waals surface area contributed by atoms with Gasteiger partial charge in [0.25, 0.3) is 0 Å². The predicted molar refractivity (Wildman–Crippen MR) is 96.8 cm³/mol. The van der Waals surface area contributed by atoms with Crippen LogP contribution in [0.2, 0.25) is 5.02 Å². The van der Waals surface area contributed by atoms with Crippen LogP contribution in [-0.2, 0) is 0 Å². The number of Topliss-reactive ketones (excluding diaryl/α,β-unsaturated/α-hetero) is 1. The minimum Gasteiger partial charge on any atom is -0.347 e. The summed E-state index contributed by atoms with van der Waals surface area (Å²) in [5.41, 5.74) is 3.96. The second-order valence-corrected chi connectivity index (χ2v) is 6.25. The Morgan fingerprint density at radius 3 is 2.17 bits per heavy atom. The van der Waals surface area contributed by atoms with E-state index in [0.29, 0.717) is 33.4 Å². The van der Waals surface area contributed by atoms with E-state index in [-0.39, 0.29) is 5.78 Å². The molecule has 0 aromatic heterocycles. The van der Waals surface area contributed by atoms with Gasteiger partial charge in [-0.25, -0.2) is 9.98 Å². The summed E-state index contributed by atoms with van der Waals surface area (Å²) in [4.78, 5) is 24.2. The van der Waals surface area contributed by atoms with Crippen LogP contribution in [0.3, 0.4) is 0 Å². The number of hydrogen-bond donors (Lipinski definition) is 0. The highest BCUT2D eigenvalue weighted by Crippen LogP contribution is 2.38. The normalized spacial score (nSPS) is 15.7. The van der Waals surface area contributed by atoms with Crippen molar-refractivity contribution in [2.24, 2.45) is 9.98 Å². The number of carbonyl (C=O) groups excluding carboxylic acids is 1. The molecule has 5 heteroatoms. The first kappa shape index (κ1) is 14.8. The molecule has 2 aromatic carbocycles. The van der Waals surface area contributed by atoms with Crippen molar-refractivity contribution in [3.63, 3.8) is 0 Å². The molecule has 0 N–H and O–H groups in total. The number of allylic oxidation sites excluding steroid dienone is 2. The van der Waals surface area contributed by atoms with Crippen molar-refractivity contribution in [3.05, 3.63) is 75.9 Å². The molecule has 0 unspecified atom stereocenters. The second-order valence-electron chi connectivity index (χ2n) is 5.84. The summed E-state index contributed by atoms with van der Waals surface area (Å²) in [6.45, 7) is 0. The van der Waals surface area contributed by atoms with E-state index in [9.17, 15) is 4.79 Å². The maximum Gasteiger partial charge on any atom is 0.226 e. The number of benzene rings is 2. The zero-order chi connectivity index (χ0) is 16.8. The van der Waals surface area contributed by atoms with Gasteiger partial charge < -0.3 is 4.90 Å². The Bertz CT molecular complexity index is 970. The third-order valence-corrected chi connectivity index (χ3v) is 4.41. The van der Waals surface area contributed by atoms with Gasteiger partial charge in [-0.3, -0.25) is 4.79 Å². The lowest BCUT2D eigenvalue weighted by Crippen LogP contribution is -2.20. The van der Waals surface area contributed by atoms with Crippen molar-refractivity contribution in [2.75, 3.05) is 14.1 Å². The number of fused-ring (bicyclic) bond motifs is 3. The molecule has 24 heavy (non-hydrogen) atoms. The maximum atomic E-state index is 13.1. The molecule has 0 fully saturated rings. The van der Waals surface area contributed by atoms with Crippen LogP contribution in [0.1, 0.15) is 21.5 Å². The fourth-order valence-electron chi connectivity index (χ4n) is 2.94. The molecule has 118 valence electrons. The van der Waals surface area contributed by atoms with Crippen molar-refractivity contribution in [2.45, 2.75) is 0 Å². The van der Waals surface area contributed by atoms with E-state index in [2.05, 4.69) is 9.98 Å². The number of halogens is 1. The molecule has 2 aromatic rings. The van der Waals surface area contributed by atoms with Gasteiger partial charge in [-0.15, -0.1) is 0 Å². The van der Waals surface area contributed by atoms with Gasteiger partial charge in [0.1, 0.15) is 11.4 Å². The number of ketones is 1. The van der Waals surface area contributed by atoms with Gasteiger partial charge in [-0.05, 0) is 6.07 Å². The van der Waals surface area contributed by atoms with Crippen LogP contribution in [0.15, 0.2) is 64.2 Å². The lowest BCUT2D eigenvalue weighted by atomic mass is 9.84. The zero-order valence-electron chi connectivity index (χ0n) is 13.2. The number of rotatable bonds is 1. The first-order chi connectivity index (χ1) is 11.6. The molecule has 0 bridgehead atoms. The van der Waals surface area contributed by atoms with E-state index in [4.69, 9.17) is 11.6 Å². The quantitative estimate of drug-likeness (QED) is 0.798. The highest BCUT2D eigenvalue weighted by atomic mass is 35.5. The average Bonchev–Trinajstić information content (AvgIpc) is 3.02. The molecule has 0 amide bonds. The number of guanidine groups is 1. The van der Waals surface area contributed by atoms with Crippen molar-refractivity contribution >= 4 is 34.6 Å². The lowest BCUT2D eigenvalue weighted by Gasteiger charge is -2.19. The molecule has 4 nitrogen and oxygen atoms in total. The molecule has 1 aliphatic heterocycles. The van der Waals surface area contributed by atoms with Crippen LogP contribution in [0.5, 0.6) is 0 Å². The lowest BCUT2D eigenvalue weighted by molar-refractivity contribution is 0.105. The number of nitrogens with zero attached hydrogens (tertiary/aromatic N) is 3. The van der Waals surface area contributed by atoms with Gasteiger partial charge in [0, 0.05) is 35.8 Å². The van der Waals surface area contributed by atoms with Crippen LogP contribution in [0, 0.1) is 0 Å². The highest BCUT2D eigenvalue weighted by Gasteiger charge is 2.35. The Kier molecular flexibility index (Phi) is 3.36. The molecular formula is C19H14ClN3O. The minimum atomic E-state index is -0.0728. The molecule has 0 spiro atoms. The monoisotopic (exact) mass is 335 g/mol. The van der Waals surface area contributed by atoms with Crippen molar-refractivity contribution in [3.8, 4) is 0 Å². The van der Waals surface area contributed by atoms with E-state index in [1.54, 1.807) is 6.07 Å². The number of hydrogen-bond acceptors (Lipinski definition) is 4. The Morgan fingerprint density at radius 2 is 1.50 bits per heavy atom. The summed E-state index contributed by atoms with van der Waals surface area (Å²) in [5, 5.41) is 0.528. The van der Waals surface area contributed by atoms with Gasteiger partial charge in [0.05, 0.1) is 5.57 Å². The summed E-state index contributed by atoms with van der Waals surface area (Å²) >= 11 is 6.35. The van der Waals surface area contributed by atoms with Crippen LogP contribution in [0.4, 0.5) is 0 Å². The molecule has 0 radical (unpaired) electrons. The zero-order valence-corrected chi connectivity index (χ0v) is 14.0. The smallest absolute Gasteiger partial charge is 0.226 e. The van der Waals surface area contributed by atoms with Crippen LogP contribution < -0.4 is 0 Å². The van der Waals surface area contributed by atoms with E-state index in [0.717, 1.165) is 11.3 Å². The van der Waals surface area contributed by atoms with Crippen molar-refractivity contribution in [1.29, 1.82) is 0 Å². The minimum absolute atomic E-state index is 0.0728. The second kappa shape index (κ2) is 5.42. The molecule has 0 atom stereocenters. The molecule has 0 saturated heterocycles. The van der Waals surface area contributed by atoms with E-state index in [1.807, 2.05) is 61.5 Å². The first-order valence-electron chi connectivity index (χ1n) is 7.56. The standard InChI is InChI=1S/C19H14ClN3O/c1-23(2)19-21-16-11-7-3-4-8-12(11)18(24)15(17(16)22-19)13-9-5-6-10-14(13)20/h3-10H,1-2H3. The van der Waals surface area contributed by atoms with Gasteiger partial charge in [0.2, 0.25) is 5.96 Å². The average molecular weight is 336 g/mol. The molecule has 1 heterocycles. The van der Waals surface area contributed by atoms with E-state index >= 15 is 0 Å². The SMILES string of the molecule is CN(C)C1=NC2=C(c3ccccc3Cl)C(=O)c3ccccc3C2=N1. The molecular weight excluding hydrogens is 322 g/mol. The predicted octanol–water partition coefficient (Wildman–Crippen LogP) is 3.67. The number of aliphatic imine (C=N–C) groups is 2. The topological polar surface area (TPSA) is 45.0 Å². The number of carbonyl (C=O) groups is 1. The van der Waals surface area contributed by atoms with Crippen molar-refractivity contribution < 1.29 is 4.79 Å². The third kappa shape index (κ3) is 2.11. The Labute approximate surface area is 144 Å². The highest BCUT2D eigenvalue weighted by molar-refractivity contribution is 6.45. The van der Waals surface area contributed by atoms with Crippen molar-refractivity contribution in [1.82, 2.24) is 4.90 Å². The summed E-state index contributed by atoms with van der Waals surface area (Å²) in [5.74, 6) is 0.505. The molecule has 4 rings (SSSR count). The fraction of sp³-hybridized carbons (Fsp3) is 0.105. The Morgan fingerprint density at radius 1 is 0.875 bits per heavy atom. The van der Waals surface area contributed by atoms with Gasteiger partial charge >= 0.3 is 0 Å². The van der Waals surface area contributed by atoms with Crippen LogP contribution >= 0.6 is 11.6 Å². The van der Waals surface area contributed by atoms with Gasteiger partial charge in [0.15, 0.2) is 5.78 Å². The van der Waals surface area contributed by atoms with Crippen LogP contribution in [0.25, 0.3) is 5.57 Å². The third-order valence-electron chi connectivity index (χ3n) is 4.08. The first-order valence-corrected chi connectivity index (χ1v) is 7.94. The van der Waals surface area contributed by atoms with Gasteiger partial charge in [-0.2, -0.15) is 0 Å². The largest absolute Gasteiger partial charge is 0.347 e. The summed E-state index contributed by atoms with van der Waals surface area (Å²) in [6, 6.07) is 14.8. The van der Waals surface area contributed by atoms with E-state index < -0.39 is 0 Å². The maximum absolute atomic E-state index is 13.1. The molecule has 1 aliphatic carbocycles. The Hall–Kier alpha value is -2.72. The summed E-state index contributed by atoms with van der Waals surface area (Å²) in [7, 11) is 3.76. The summed E-state index contributed by atoms with van der Waals surface area (Å²) in [6.07, 6.45) is 0. The van der Waals surface area contributed by atoms with Gasteiger partial charge in [-0.1, -0.05) is 54.1 Å². The Balaban J connectivity index is 2.05. The van der Waals surface area contributed by atoms with E-state index in [1.165, 1.54) is 0 Å².